The number of esters is 1. The average Bonchev–Trinajstić information content (AvgIpc) is 2.71. The van der Waals surface area contributed by atoms with Gasteiger partial charge in [0.1, 0.15) is 0 Å². The van der Waals surface area contributed by atoms with Gasteiger partial charge < -0.3 is 18.9 Å². The summed E-state index contributed by atoms with van der Waals surface area (Å²) in [6, 6.07) is 0. The van der Waals surface area contributed by atoms with Gasteiger partial charge in [-0.3, -0.25) is 4.79 Å². The van der Waals surface area contributed by atoms with Gasteiger partial charge in [0.2, 0.25) is 0 Å². The van der Waals surface area contributed by atoms with Crippen molar-refractivity contribution in [1.82, 2.24) is 0 Å². The van der Waals surface area contributed by atoms with Crippen molar-refractivity contribution >= 4 is 5.97 Å². The summed E-state index contributed by atoms with van der Waals surface area (Å²) in [5.74, 6) is 0.563. The van der Waals surface area contributed by atoms with Gasteiger partial charge in [-0.1, -0.05) is 65.7 Å². The van der Waals surface area contributed by atoms with Crippen LogP contribution in [0, 0.1) is 5.92 Å². The molecule has 0 aromatic carbocycles. The molecule has 0 rings (SSSR count). The molecule has 5 nitrogen and oxygen atoms in total. The monoisotopic (exact) mass is 402 g/mol. The van der Waals surface area contributed by atoms with E-state index in [1.165, 1.54) is 44.9 Å². The van der Waals surface area contributed by atoms with Crippen molar-refractivity contribution < 1.29 is 23.7 Å². The molecular formula is C23H46O5. The Hall–Kier alpha value is -0.650. The van der Waals surface area contributed by atoms with Gasteiger partial charge in [0.15, 0.2) is 0 Å². The quantitative estimate of drug-likeness (QED) is 0.176. The third kappa shape index (κ3) is 20.1. The Bertz CT molecular complexity index is 322. The summed E-state index contributed by atoms with van der Waals surface area (Å²) < 4.78 is 21.9. The topological polar surface area (TPSA) is 54.0 Å². The summed E-state index contributed by atoms with van der Waals surface area (Å²) in [5, 5.41) is 0. The molecule has 0 bridgehead atoms. The Kier molecular flexibility index (Phi) is 22.1. The van der Waals surface area contributed by atoms with E-state index >= 15 is 0 Å². The molecule has 0 aliphatic heterocycles. The van der Waals surface area contributed by atoms with Gasteiger partial charge in [-0.05, 0) is 25.2 Å². The molecule has 0 aromatic heterocycles. The van der Waals surface area contributed by atoms with Gasteiger partial charge in [-0.15, -0.1) is 0 Å². The first-order chi connectivity index (χ1) is 13.7. The summed E-state index contributed by atoms with van der Waals surface area (Å²) in [6.45, 7) is 11.0. The van der Waals surface area contributed by atoms with Crippen molar-refractivity contribution in [3.05, 3.63) is 0 Å². The minimum Gasteiger partial charge on any atom is -0.466 e. The van der Waals surface area contributed by atoms with Gasteiger partial charge in [0.05, 0.1) is 33.0 Å². The van der Waals surface area contributed by atoms with Crippen LogP contribution < -0.4 is 0 Å². The van der Waals surface area contributed by atoms with E-state index in [0.29, 0.717) is 58.4 Å². The highest BCUT2D eigenvalue weighted by Gasteiger charge is 2.05. The third-order valence-electron chi connectivity index (χ3n) is 4.82. The lowest BCUT2D eigenvalue weighted by molar-refractivity contribution is -0.144. The molecule has 0 fully saturated rings. The number of hydrogen-bond donors (Lipinski definition) is 0. The van der Waals surface area contributed by atoms with Crippen molar-refractivity contribution in [3.63, 3.8) is 0 Å². The molecule has 0 aliphatic rings. The molecule has 5 heteroatoms. The first kappa shape index (κ1) is 27.4. The highest BCUT2D eigenvalue weighted by molar-refractivity contribution is 5.69. The second-order valence-corrected chi connectivity index (χ2v) is 7.45. The second kappa shape index (κ2) is 22.6. The molecule has 0 saturated heterocycles. The average molecular weight is 403 g/mol. The van der Waals surface area contributed by atoms with Crippen LogP contribution in [0.2, 0.25) is 0 Å². The van der Waals surface area contributed by atoms with E-state index in [4.69, 9.17) is 18.9 Å². The number of carbonyl (C=O) groups excluding carboxylic acids is 1. The van der Waals surface area contributed by atoms with E-state index in [1.54, 1.807) is 0 Å². The lowest BCUT2D eigenvalue weighted by Gasteiger charge is -2.14. The van der Waals surface area contributed by atoms with E-state index in [2.05, 4.69) is 20.8 Å². The summed E-state index contributed by atoms with van der Waals surface area (Å²) in [7, 11) is 0. The van der Waals surface area contributed by atoms with Crippen molar-refractivity contribution in [2.24, 2.45) is 5.92 Å². The van der Waals surface area contributed by atoms with Crippen LogP contribution in [-0.4, -0.2) is 52.2 Å². The molecule has 1 unspecified atom stereocenters. The minimum absolute atomic E-state index is 0.114. The van der Waals surface area contributed by atoms with Gasteiger partial charge in [0.25, 0.3) is 0 Å². The van der Waals surface area contributed by atoms with Crippen LogP contribution in [0.5, 0.6) is 0 Å². The van der Waals surface area contributed by atoms with Crippen molar-refractivity contribution in [2.45, 2.75) is 91.4 Å². The van der Waals surface area contributed by atoms with Gasteiger partial charge in [-0.25, -0.2) is 0 Å². The predicted octanol–water partition coefficient (Wildman–Crippen LogP) is 5.55. The molecule has 0 aromatic rings. The van der Waals surface area contributed by atoms with Gasteiger partial charge in [-0.2, -0.15) is 0 Å². The van der Waals surface area contributed by atoms with Crippen LogP contribution in [0.4, 0.5) is 0 Å². The van der Waals surface area contributed by atoms with Crippen LogP contribution >= 0.6 is 0 Å². The summed E-state index contributed by atoms with van der Waals surface area (Å²) >= 11 is 0. The maximum absolute atomic E-state index is 11.6. The van der Waals surface area contributed by atoms with Crippen LogP contribution in [0.3, 0.4) is 0 Å². The molecule has 0 radical (unpaired) electrons. The van der Waals surface area contributed by atoms with Crippen molar-refractivity contribution in [3.8, 4) is 0 Å². The Morgan fingerprint density at radius 3 is 2.00 bits per heavy atom. The Balaban J connectivity index is 3.25. The van der Waals surface area contributed by atoms with Crippen LogP contribution in [0.25, 0.3) is 0 Å². The smallest absolute Gasteiger partial charge is 0.305 e. The van der Waals surface area contributed by atoms with Crippen molar-refractivity contribution in [2.75, 3.05) is 46.2 Å². The first-order valence-electron chi connectivity index (χ1n) is 11.6. The Morgan fingerprint density at radius 2 is 1.32 bits per heavy atom. The predicted molar refractivity (Wildman–Crippen MR) is 115 cm³/mol. The number of rotatable bonds is 22. The molecule has 0 amide bonds. The van der Waals surface area contributed by atoms with E-state index in [-0.39, 0.29) is 5.97 Å². The van der Waals surface area contributed by atoms with E-state index < -0.39 is 0 Å². The number of hydrogen-bond acceptors (Lipinski definition) is 5. The van der Waals surface area contributed by atoms with E-state index in [0.717, 1.165) is 19.4 Å². The number of ether oxygens (including phenoxy) is 4. The fourth-order valence-corrected chi connectivity index (χ4v) is 2.87. The normalized spacial score (nSPS) is 12.2. The second-order valence-electron chi connectivity index (χ2n) is 7.45. The molecule has 0 N–H and O–H groups in total. The van der Waals surface area contributed by atoms with E-state index in [9.17, 15) is 4.79 Å². The summed E-state index contributed by atoms with van der Waals surface area (Å²) in [5.41, 5.74) is 0. The van der Waals surface area contributed by atoms with Gasteiger partial charge >= 0.3 is 5.97 Å². The number of carbonyl (C=O) groups is 1. The fraction of sp³-hybridized carbons (Fsp3) is 0.957. The minimum atomic E-state index is -0.114. The summed E-state index contributed by atoms with van der Waals surface area (Å²) in [6.07, 6.45) is 12.0. The molecule has 168 valence electrons. The lowest BCUT2D eigenvalue weighted by atomic mass is 10.0. The molecule has 1 atom stereocenters. The maximum atomic E-state index is 11.6. The summed E-state index contributed by atoms with van der Waals surface area (Å²) in [4.78, 5) is 11.6. The third-order valence-corrected chi connectivity index (χ3v) is 4.82. The molecule has 0 saturated carbocycles. The highest BCUT2D eigenvalue weighted by Crippen LogP contribution is 2.12. The van der Waals surface area contributed by atoms with Crippen LogP contribution in [0.1, 0.15) is 91.4 Å². The molecule has 0 spiro atoms. The van der Waals surface area contributed by atoms with Crippen molar-refractivity contribution in [1.29, 1.82) is 0 Å². The van der Waals surface area contributed by atoms with Crippen LogP contribution in [0.15, 0.2) is 0 Å². The molecule has 0 aliphatic carbocycles. The highest BCUT2D eigenvalue weighted by atomic mass is 16.5. The molecular weight excluding hydrogens is 356 g/mol. The fourth-order valence-electron chi connectivity index (χ4n) is 2.87. The molecule has 0 heterocycles. The number of unbranched alkanes of at least 4 members (excludes halogenated alkanes) is 5. The zero-order valence-corrected chi connectivity index (χ0v) is 18.8. The first-order valence-corrected chi connectivity index (χ1v) is 11.6. The van der Waals surface area contributed by atoms with Gasteiger partial charge in [0, 0.05) is 19.6 Å². The Labute approximate surface area is 173 Å². The molecule has 28 heavy (non-hydrogen) atoms. The standard InChI is InChI=1S/C23H46O5/c1-4-7-9-10-11-16-28-23(24)14-12-15-25-17-18-26-19-20-27-21-22(6-3)13-8-5-2/h22H,4-21H2,1-3H3. The zero-order valence-electron chi connectivity index (χ0n) is 18.8. The maximum Gasteiger partial charge on any atom is 0.305 e. The largest absolute Gasteiger partial charge is 0.466 e. The van der Waals surface area contributed by atoms with Crippen LogP contribution in [-0.2, 0) is 23.7 Å². The SMILES string of the molecule is CCCCCCCOC(=O)CCCOCCOCCOCC(CC)CCCC. The lowest BCUT2D eigenvalue weighted by Crippen LogP contribution is -2.14. The zero-order chi connectivity index (χ0) is 20.7. The Morgan fingerprint density at radius 1 is 0.679 bits per heavy atom. The van der Waals surface area contributed by atoms with E-state index in [1.807, 2.05) is 0 Å².